The lowest BCUT2D eigenvalue weighted by Gasteiger charge is -2.26. The molecule has 6 nitrogen and oxygen atoms in total. The molecule has 1 aromatic carbocycles. The molecule has 0 saturated carbocycles. The Morgan fingerprint density at radius 1 is 1.19 bits per heavy atom. The zero-order chi connectivity index (χ0) is 18.5. The van der Waals surface area contributed by atoms with E-state index in [1.807, 2.05) is 19.1 Å². The fourth-order valence-corrected chi connectivity index (χ4v) is 2.97. The summed E-state index contributed by atoms with van der Waals surface area (Å²) in [4.78, 5) is 7.14. The van der Waals surface area contributed by atoms with Crippen molar-refractivity contribution in [3.8, 4) is 5.75 Å². The van der Waals surface area contributed by atoms with E-state index in [0.29, 0.717) is 6.61 Å². The van der Waals surface area contributed by atoms with Crippen molar-refractivity contribution in [3.63, 3.8) is 0 Å². The quantitative estimate of drug-likeness (QED) is 0.378. The van der Waals surface area contributed by atoms with Gasteiger partial charge in [0.15, 0.2) is 5.96 Å². The molecular weight excluding hydrogens is 328 g/mol. The summed E-state index contributed by atoms with van der Waals surface area (Å²) in [6.45, 7) is 12.2. The molecule has 1 aliphatic rings. The van der Waals surface area contributed by atoms with Crippen LogP contribution in [0.1, 0.15) is 25.8 Å². The lowest BCUT2D eigenvalue weighted by atomic mass is 10.1. The highest BCUT2D eigenvalue weighted by atomic mass is 16.5. The molecule has 2 rings (SSSR count). The smallest absolute Gasteiger partial charge is 0.191 e. The average molecular weight is 363 g/mol. The van der Waals surface area contributed by atoms with Crippen molar-refractivity contribution in [2.75, 3.05) is 59.1 Å². The Morgan fingerprint density at radius 3 is 2.77 bits per heavy atom. The van der Waals surface area contributed by atoms with Gasteiger partial charge in [-0.15, -0.1) is 0 Å². The number of hydrogen-bond donors (Lipinski definition) is 2. The van der Waals surface area contributed by atoms with E-state index >= 15 is 0 Å². The number of guanidine groups is 1. The summed E-state index contributed by atoms with van der Waals surface area (Å²) in [6, 6.07) is 8.23. The van der Waals surface area contributed by atoms with Crippen LogP contribution in [0, 0.1) is 0 Å². The average Bonchev–Trinajstić information content (AvgIpc) is 2.67. The number of nitrogens with zero attached hydrogens (tertiary/aromatic N) is 2. The van der Waals surface area contributed by atoms with Crippen molar-refractivity contribution in [2.45, 2.75) is 26.7 Å². The van der Waals surface area contributed by atoms with Crippen molar-refractivity contribution in [2.24, 2.45) is 4.99 Å². The van der Waals surface area contributed by atoms with Crippen LogP contribution in [0.15, 0.2) is 29.3 Å². The second-order valence-corrected chi connectivity index (χ2v) is 6.29. The summed E-state index contributed by atoms with van der Waals surface area (Å²) >= 11 is 0. The van der Waals surface area contributed by atoms with Crippen LogP contribution in [-0.4, -0.2) is 69.9 Å². The summed E-state index contributed by atoms with van der Waals surface area (Å²) in [7, 11) is 0. The van der Waals surface area contributed by atoms with Gasteiger partial charge in [0.05, 0.1) is 19.8 Å². The molecule has 6 heteroatoms. The molecule has 1 heterocycles. The molecule has 146 valence electrons. The third-order valence-electron chi connectivity index (χ3n) is 4.31. The molecule has 0 spiro atoms. The topological polar surface area (TPSA) is 58.1 Å². The molecule has 0 bridgehead atoms. The van der Waals surface area contributed by atoms with E-state index in [-0.39, 0.29) is 0 Å². The van der Waals surface area contributed by atoms with Crippen LogP contribution in [0.5, 0.6) is 5.75 Å². The number of rotatable bonds is 10. The minimum Gasteiger partial charge on any atom is -0.494 e. The summed E-state index contributed by atoms with van der Waals surface area (Å²) in [6.07, 6.45) is 1.98. The fourth-order valence-electron chi connectivity index (χ4n) is 2.97. The first-order valence-electron chi connectivity index (χ1n) is 9.86. The van der Waals surface area contributed by atoms with Gasteiger partial charge in [-0.3, -0.25) is 9.89 Å². The molecule has 1 saturated heterocycles. The second kappa shape index (κ2) is 12.5. The van der Waals surface area contributed by atoms with Crippen LogP contribution in [0.3, 0.4) is 0 Å². The van der Waals surface area contributed by atoms with Gasteiger partial charge in [-0.2, -0.15) is 0 Å². The summed E-state index contributed by atoms with van der Waals surface area (Å²) in [5, 5.41) is 6.75. The number of ether oxygens (including phenoxy) is 2. The fraction of sp³-hybridized carbons (Fsp3) is 0.650. The third-order valence-corrected chi connectivity index (χ3v) is 4.31. The van der Waals surface area contributed by atoms with Crippen molar-refractivity contribution in [3.05, 3.63) is 29.8 Å². The molecule has 26 heavy (non-hydrogen) atoms. The van der Waals surface area contributed by atoms with E-state index in [1.165, 1.54) is 5.56 Å². The van der Waals surface area contributed by atoms with Gasteiger partial charge in [-0.25, -0.2) is 0 Å². The molecule has 1 aliphatic heterocycles. The number of para-hydroxylation sites is 1. The Labute approximate surface area is 158 Å². The maximum atomic E-state index is 5.69. The highest BCUT2D eigenvalue weighted by Crippen LogP contribution is 2.17. The van der Waals surface area contributed by atoms with Crippen LogP contribution in [-0.2, 0) is 11.2 Å². The van der Waals surface area contributed by atoms with Crippen LogP contribution in [0.2, 0.25) is 0 Å². The number of nitrogens with one attached hydrogen (secondary N) is 2. The van der Waals surface area contributed by atoms with Crippen LogP contribution in [0.25, 0.3) is 0 Å². The Morgan fingerprint density at radius 2 is 2.00 bits per heavy atom. The SMILES string of the molecule is CCNC(=NCCCN1CCOCC1)NCCc1ccccc1OCC. The van der Waals surface area contributed by atoms with Gasteiger partial charge in [0, 0.05) is 39.3 Å². The zero-order valence-electron chi connectivity index (χ0n) is 16.3. The zero-order valence-corrected chi connectivity index (χ0v) is 16.3. The van der Waals surface area contributed by atoms with Gasteiger partial charge < -0.3 is 20.1 Å². The summed E-state index contributed by atoms with van der Waals surface area (Å²) in [5.41, 5.74) is 1.23. The molecule has 0 aromatic heterocycles. The van der Waals surface area contributed by atoms with Gasteiger partial charge in [0.25, 0.3) is 0 Å². The second-order valence-electron chi connectivity index (χ2n) is 6.29. The Hall–Kier alpha value is -1.79. The van der Waals surface area contributed by atoms with Crippen molar-refractivity contribution in [1.82, 2.24) is 15.5 Å². The van der Waals surface area contributed by atoms with E-state index < -0.39 is 0 Å². The summed E-state index contributed by atoms with van der Waals surface area (Å²) in [5.74, 6) is 1.87. The van der Waals surface area contributed by atoms with Crippen LogP contribution in [0.4, 0.5) is 0 Å². The Kier molecular flexibility index (Phi) is 9.90. The van der Waals surface area contributed by atoms with Gasteiger partial charge in [-0.05, 0) is 38.3 Å². The van der Waals surface area contributed by atoms with E-state index in [2.05, 4.69) is 34.6 Å². The molecule has 0 atom stereocenters. The first-order valence-corrected chi connectivity index (χ1v) is 9.86. The first kappa shape index (κ1) is 20.5. The lowest BCUT2D eigenvalue weighted by molar-refractivity contribution is 0.0377. The largest absolute Gasteiger partial charge is 0.494 e. The predicted molar refractivity (Wildman–Crippen MR) is 107 cm³/mol. The van der Waals surface area contributed by atoms with Gasteiger partial charge in [0.1, 0.15) is 5.75 Å². The molecule has 0 unspecified atom stereocenters. The minimum absolute atomic E-state index is 0.692. The monoisotopic (exact) mass is 362 g/mol. The molecule has 1 aromatic rings. The van der Waals surface area contributed by atoms with Gasteiger partial charge in [0.2, 0.25) is 0 Å². The number of aliphatic imine (C=N–C) groups is 1. The van der Waals surface area contributed by atoms with E-state index in [4.69, 9.17) is 14.5 Å². The predicted octanol–water partition coefficient (Wildman–Crippen LogP) is 1.91. The maximum Gasteiger partial charge on any atom is 0.191 e. The Bertz CT molecular complexity index is 530. The summed E-state index contributed by atoms with van der Waals surface area (Å²) < 4.78 is 11.1. The first-order chi connectivity index (χ1) is 12.8. The van der Waals surface area contributed by atoms with E-state index in [0.717, 1.165) is 77.0 Å². The van der Waals surface area contributed by atoms with Gasteiger partial charge in [-0.1, -0.05) is 18.2 Å². The van der Waals surface area contributed by atoms with Crippen molar-refractivity contribution >= 4 is 5.96 Å². The van der Waals surface area contributed by atoms with Crippen molar-refractivity contribution < 1.29 is 9.47 Å². The number of hydrogen-bond acceptors (Lipinski definition) is 4. The molecular formula is C20H34N4O2. The van der Waals surface area contributed by atoms with E-state index in [9.17, 15) is 0 Å². The molecule has 2 N–H and O–H groups in total. The third kappa shape index (κ3) is 7.62. The molecule has 0 aliphatic carbocycles. The highest BCUT2D eigenvalue weighted by Gasteiger charge is 2.09. The maximum absolute atomic E-state index is 5.69. The molecule has 1 fully saturated rings. The van der Waals surface area contributed by atoms with Gasteiger partial charge >= 0.3 is 0 Å². The standard InChI is InChI=1S/C20H34N4O2/c1-3-21-20(22-11-7-13-24-14-16-25-17-15-24)23-12-10-18-8-5-6-9-19(18)26-4-2/h5-6,8-9H,3-4,7,10-17H2,1-2H3,(H2,21,22,23). The van der Waals surface area contributed by atoms with Crippen LogP contribution >= 0.6 is 0 Å². The normalized spacial score (nSPS) is 15.7. The number of morpholine rings is 1. The van der Waals surface area contributed by atoms with E-state index in [1.54, 1.807) is 0 Å². The number of benzene rings is 1. The van der Waals surface area contributed by atoms with Crippen LogP contribution < -0.4 is 15.4 Å². The molecule has 0 radical (unpaired) electrons. The highest BCUT2D eigenvalue weighted by molar-refractivity contribution is 5.79. The molecule has 0 amide bonds. The van der Waals surface area contributed by atoms with Crippen molar-refractivity contribution in [1.29, 1.82) is 0 Å². The Balaban J connectivity index is 1.72. The lowest BCUT2D eigenvalue weighted by Crippen LogP contribution is -2.39. The minimum atomic E-state index is 0.692.